The Bertz CT molecular complexity index is 2280. The van der Waals surface area contributed by atoms with Gasteiger partial charge in [0, 0.05) is 37.4 Å². The van der Waals surface area contributed by atoms with Crippen LogP contribution in [0.3, 0.4) is 0 Å². The second kappa shape index (κ2) is 19.8. The quantitative estimate of drug-likeness (QED) is 0.104. The summed E-state index contributed by atoms with van der Waals surface area (Å²) in [7, 11) is 0. The zero-order valence-electron chi connectivity index (χ0n) is 34.6. The van der Waals surface area contributed by atoms with Crippen LogP contribution < -0.4 is 37.2 Å². The van der Waals surface area contributed by atoms with Gasteiger partial charge in [0.05, 0.1) is 18.7 Å². The number of carboxylic acids is 1. The van der Waals surface area contributed by atoms with E-state index < -0.39 is 109 Å². The van der Waals surface area contributed by atoms with Crippen LogP contribution in [0, 0.1) is 5.92 Å². The van der Waals surface area contributed by atoms with Crippen molar-refractivity contribution in [2.45, 2.75) is 94.8 Å². The number of para-hydroxylation sites is 1. The van der Waals surface area contributed by atoms with E-state index in [4.69, 9.17) is 0 Å². The van der Waals surface area contributed by atoms with E-state index in [1.54, 1.807) is 38.1 Å². The van der Waals surface area contributed by atoms with E-state index >= 15 is 0 Å². The molecule has 336 valence electrons. The second-order valence-electron chi connectivity index (χ2n) is 16.1. The normalized spacial score (nSPS) is 24.1. The van der Waals surface area contributed by atoms with Crippen molar-refractivity contribution >= 4 is 64.1 Å². The van der Waals surface area contributed by atoms with E-state index in [2.05, 4.69) is 37.2 Å². The van der Waals surface area contributed by atoms with Gasteiger partial charge >= 0.3 is 5.97 Å². The number of rotatable bonds is 10. The van der Waals surface area contributed by atoms with Gasteiger partial charge in [-0.2, -0.15) is 0 Å². The number of carboxylic acid groups (broad SMARTS) is 1. The summed E-state index contributed by atoms with van der Waals surface area (Å²) in [5.41, 5.74) is 1.13. The molecule has 2 aromatic carbocycles. The van der Waals surface area contributed by atoms with E-state index in [1.165, 1.54) is 39.9 Å². The van der Waals surface area contributed by atoms with Crippen molar-refractivity contribution < 1.29 is 58.5 Å². The highest BCUT2D eigenvalue weighted by atomic mass is 16.4. The van der Waals surface area contributed by atoms with Crippen LogP contribution in [0.4, 0.5) is 0 Å². The van der Waals surface area contributed by atoms with Crippen molar-refractivity contribution in [2.24, 2.45) is 5.92 Å². The van der Waals surface area contributed by atoms with Gasteiger partial charge in [0.1, 0.15) is 42.0 Å². The second-order valence-corrected chi connectivity index (χ2v) is 16.1. The van der Waals surface area contributed by atoms with Crippen LogP contribution >= 0.6 is 0 Å². The molecule has 0 saturated carbocycles. The number of carbonyl (C=O) groups excluding carboxylic acids is 8. The Hall–Kier alpha value is -7.03. The van der Waals surface area contributed by atoms with E-state index in [0.717, 1.165) is 0 Å². The van der Waals surface area contributed by atoms with Gasteiger partial charge < -0.3 is 62.0 Å². The van der Waals surface area contributed by atoms with Crippen LogP contribution in [0.25, 0.3) is 10.9 Å². The van der Waals surface area contributed by atoms with Crippen LogP contribution in [-0.4, -0.2) is 134 Å². The topological polar surface area (TPSA) is 307 Å². The zero-order valence-corrected chi connectivity index (χ0v) is 34.6. The summed E-state index contributed by atoms with van der Waals surface area (Å²) in [6.45, 7) is 1.92. The predicted molar refractivity (Wildman–Crippen MR) is 221 cm³/mol. The van der Waals surface area contributed by atoms with Gasteiger partial charge in [-0.05, 0) is 54.5 Å². The Kier molecular flexibility index (Phi) is 14.3. The molecular formula is C42H51N9O12. The minimum atomic E-state index is -1.68. The number of aliphatic hydroxyl groups is 1. The number of amides is 8. The van der Waals surface area contributed by atoms with Gasteiger partial charge in [0.2, 0.25) is 41.4 Å². The van der Waals surface area contributed by atoms with Crippen LogP contribution in [0.1, 0.15) is 56.8 Å². The van der Waals surface area contributed by atoms with Crippen LogP contribution in [0.5, 0.6) is 5.75 Å². The number of hydrogen-bond acceptors (Lipinski definition) is 11. The summed E-state index contributed by atoms with van der Waals surface area (Å²) in [6.07, 6.45) is 0.415. The number of aromatic nitrogens is 1. The monoisotopic (exact) mass is 873 g/mol. The molecule has 4 heterocycles. The highest BCUT2D eigenvalue weighted by molar-refractivity contribution is 5.99. The van der Waals surface area contributed by atoms with Crippen LogP contribution in [-0.2, 0) is 56.0 Å². The molecule has 21 heteroatoms. The molecule has 7 atom stereocenters. The van der Waals surface area contributed by atoms with Crippen molar-refractivity contribution in [2.75, 3.05) is 19.7 Å². The third-order valence-electron chi connectivity index (χ3n) is 11.3. The lowest BCUT2D eigenvalue weighted by atomic mass is 10.0. The first kappa shape index (κ1) is 45.5. The number of nitrogens with one attached hydrogen (secondary N) is 7. The molecule has 3 aromatic rings. The summed E-state index contributed by atoms with van der Waals surface area (Å²) in [5, 5.41) is 48.3. The van der Waals surface area contributed by atoms with E-state index in [9.17, 15) is 58.5 Å². The molecule has 0 radical (unpaired) electrons. The Balaban J connectivity index is 1.39. The molecule has 3 aliphatic heterocycles. The fourth-order valence-electron chi connectivity index (χ4n) is 7.97. The number of phenols is 1. The zero-order chi connectivity index (χ0) is 45.5. The SMILES string of the molecule is CC(C)[C@@H]1NC(=O)[C@H](NC(=O)[C@H](Cc2ccc(O)cc2)NC(=O)[C@@H]2CCCN2C(=O)[C@@H]2CCC(=O)N2)n2cc(c3ccccc32)C[C@@H](C(=O)O)NC(=O)[C@H](CO)NC(=O)CNC1=O. The number of carbonyl (C=O) groups is 9. The minimum absolute atomic E-state index is 0.0566. The average Bonchev–Trinajstić information content (AvgIpc) is 4.01. The number of benzene rings is 2. The lowest BCUT2D eigenvalue weighted by Gasteiger charge is -2.30. The van der Waals surface area contributed by atoms with Crippen LogP contribution in [0.15, 0.2) is 54.7 Å². The fourth-order valence-corrected chi connectivity index (χ4v) is 7.97. The highest BCUT2D eigenvalue weighted by Crippen LogP contribution is 2.27. The first-order valence-corrected chi connectivity index (χ1v) is 20.6. The van der Waals surface area contributed by atoms with E-state index in [1.807, 2.05) is 0 Å². The predicted octanol–water partition coefficient (Wildman–Crippen LogP) is -2.18. The van der Waals surface area contributed by atoms with Crippen molar-refractivity contribution in [3.63, 3.8) is 0 Å². The summed E-state index contributed by atoms with van der Waals surface area (Å²) < 4.78 is 1.36. The molecule has 3 aliphatic rings. The standard InChI is InChI=1S/C42H51N9O12/c1-21(2)34-39(59)43-18-33(55)45-29(20-52)37(57)47-28(42(62)63)17-23-19-51(30-7-4-3-6-25(23)30)35(40(60)48-34)49-36(56)27(16-22-9-11-24(53)12-10-22)46-38(58)31-8-5-15-50(31)41(61)26-13-14-32(54)44-26/h3-4,6-7,9-12,19,21,26-29,31,34-35,52-53H,5,8,13-18,20H2,1-2H3,(H,43,59)(H,44,54)(H,45,55)(H,46,58)(H,47,57)(H,48,60)(H,49,56)(H,62,63)/t26-,27-,28-,29-,31-,34-,35+/m0/s1. The molecule has 63 heavy (non-hydrogen) atoms. The summed E-state index contributed by atoms with van der Waals surface area (Å²) in [5.74, 6) is -7.98. The summed E-state index contributed by atoms with van der Waals surface area (Å²) in [6, 6.07) is 4.74. The number of aromatic hydroxyl groups is 1. The summed E-state index contributed by atoms with van der Waals surface area (Å²) in [4.78, 5) is 122. The maximum atomic E-state index is 14.7. The Labute approximate surface area is 360 Å². The Morgan fingerprint density at radius 1 is 0.857 bits per heavy atom. The molecule has 0 unspecified atom stereocenters. The van der Waals surface area contributed by atoms with E-state index in [0.29, 0.717) is 28.5 Å². The number of aliphatic hydroxyl groups excluding tert-OH is 1. The van der Waals surface area contributed by atoms with Gasteiger partial charge in [-0.25, -0.2) is 4.79 Å². The molecule has 6 rings (SSSR count). The van der Waals surface area contributed by atoms with Gasteiger partial charge in [-0.1, -0.05) is 44.2 Å². The van der Waals surface area contributed by atoms with Crippen molar-refractivity contribution in [3.05, 3.63) is 65.9 Å². The Morgan fingerprint density at radius 2 is 1.59 bits per heavy atom. The third-order valence-corrected chi connectivity index (χ3v) is 11.3. The number of likely N-dealkylation sites (tertiary alicyclic amines) is 1. The summed E-state index contributed by atoms with van der Waals surface area (Å²) >= 11 is 0. The van der Waals surface area contributed by atoms with Crippen molar-refractivity contribution in [3.8, 4) is 5.75 Å². The number of hydrogen-bond donors (Lipinski definition) is 10. The van der Waals surface area contributed by atoms with Crippen molar-refractivity contribution in [1.29, 1.82) is 0 Å². The molecule has 21 nitrogen and oxygen atoms in total. The van der Waals surface area contributed by atoms with Gasteiger partial charge in [-0.15, -0.1) is 0 Å². The number of fused-ring (bicyclic) bond motifs is 5. The first-order valence-electron chi connectivity index (χ1n) is 20.6. The molecule has 0 aliphatic carbocycles. The maximum Gasteiger partial charge on any atom is 0.326 e. The highest BCUT2D eigenvalue weighted by Gasteiger charge is 2.41. The number of aliphatic carboxylic acids is 1. The molecule has 1 aromatic heterocycles. The average molecular weight is 874 g/mol. The van der Waals surface area contributed by atoms with Gasteiger partial charge in [0.15, 0.2) is 6.17 Å². The largest absolute Gasteiger partial charge is 0.508 e. The fraction of sp³-hybridized carbons (Fsp3) is 0.452. The van der Waals surface area contributed by atoms with Gasteiger partial charge in [-0.3, -0.25) is 38.4 Å². The lowest BCUT2D eigenvalue weighted by molar-refractivity contribution is -0.142. The van der Waals surface area contributed by atoms with Crippen LogP contribution in [0.2, 0.25) is 0 Å². The molecule has 2 fully saturated rings. The number of phenolic OH excluding ortho intramolecular Hbond substituents is 1. The molecule has 2 saturated heterocycles. The smallest absolute Gasteiger partial charge is 0.326 e. The maximum absolute atomic E-state index is 14.7. The number of nitrogens with zero attached hydrogens (tertiary/aromatic N) is 2. The molecule has 8 amide bonds. The van der Waals surface area contributed by atoms with Crippen molar-refractivity contribution in [1.82, 2.24) is 46.7 Å². The Morgan fingerprint density at radius 3 is 2.25 bits per heavy atom. The molecule has 2 bridgehead atoms. The minimum Gasteiger partial charge on any atom is -0.508 e. The molecule has 10 N–H and O–H groups in total. The lowest BCUT2D eigenvalue weighted by Crippen LogP contribution is -2.58. The molecule has 0 spiro atoms. The molecular weight excluding hydrogens is 823 g/mol. The van der Waals surface area contributed by atoms with E-state index in [-0.39, 0.29) is 50.3 Å². The first-order chi connectivity index (χ1) is 30.0. The van der Waals surface area contributed by atoms with Gasteiger partial charge in [0.25, 0.3) is 5.91 Å². The third kappa shape index (κ3) is 10.7.